The summed E-state index contributed by atoms with van der Waals surface area (Å²) in [6.07, 6.45) is 0.820. The van der Waals surface area contributed by atoms with E-state index in [1.807, 2.05) is 20.8 Å². The molecule has 0 saturated heterocycles. The Labute approximate surface area is 80.1 Å². The monoisotopic (exact) mass is 188 g/mol. The van der Waals surface area contributed by atoms with Crippen molar-refractivity contribution in [3.05, 3.63) is 0 Å². The van der Waals surface area contributed by atoms with Gasteiger partial charge in [0.1, 0.15) is 6.29 Å². The molecule has 0 heterocycles. The van der Waals surface area contributed by atoms with E-state index in [0.29, 0.717) is 6.42 Å². The smallest absolute Gasteiger partial charge is 0.123 e. The van der Waals surface area contributed by atoms with Crippen molar-refractivity contribution < 1.29 is 14.6 Å². The molecular weight excluding hydrogens is 168 g/mol. The van der Waals surface area contributed by atoms with E-state index in [1.165, 1.54) is 0 Å². The fourth-order valence-corrected chi connectivity index (χ4v) is 1.38. The lowest BCUT2D eigenvalue weighted by Crippen LogP contribution is -2.37. The second kappa shape index (κ2) is 6.11. The first kappa shape index (κ1) is 12.6. The average molecular weight is 188 g/mol. The Morgan fingerprint density at radius 2 is 2.00 bits per heavy atom. The Hall–Kier alpha value is -0.410. The Morgan fingerprint density at radius 1 is 1.46 bits per heavy atom. The van der Waals surface area contributed by atoms with Crippen LogP contribution in [0.1, 0.15) is 27.2 Å². The highest BCUT2D eigenvalue weighted by Crippen LogP contribution is 2.20. The van der Waals surface area contributed by atoms with Crippen LogP contribution in [0, 0.1) is 11.8 Å². The molecule has 0 aliphatic carbocycles. The molecule has 3 nitrogen and oxygen atoms in total. The van der Waals surface area contributed by atoms with Crippen LogP contribution >= 0.6 is 0 Å². The van der Waals surface area contributed by atoms with E-state index in [9.17, 15) is 9.90 Å². The number of aliphatic hydroxyl groups is 1. The zero-order valence-corrected chi connectivity index (χ0v) is 8.86. The summed E-state index contributed by atoms with van der Waals surface area (Å²) in [5, 5.41) is 9.59. The van der Waals surface area contributed by atoms with Crippen LogP contribution in [0.3, 0.4) is 0 Å². The third kappa shape index (κ3) is 3.44. The quantitative estimate of drug-likeness (QED) is 0.638. The first-order valence-electron chi connectivity index (χ1n) is 4.74. The van der Waals surface area contributed by atoms with Crippen molar-refractivity contribution in [3.8, 4) is 0 Å². The molecule has 0 aliphatic rings. The van der Waals surface area contributed by atoms with E-state index in [-0.39, 0.29) is 17.9 Å². The fourth-order valence-electron chi connectivity index (χ4n) is 1.38. The van der Waals surface area contributed by atoms with E-state index in [1.54, 1.807) is 7.11 Å². The van der Waals surface area contributed by atoms with Gasteiger partial charge in [-0.1, -0.05) is 20.8 Å². The van der Waals surface area contributed by atoms with E-state index in [4.69, 9.17) is 4.74 Å². The summed E-state index contributed by atoms with van der Waals surface area (Å²) in [5.74, 6) is -0.0244. The molecule has 0 aromatic carbocycles. The number of carbonyl (C=O) groups is 1. The Bertz CT molecular complexity index is 147. The minimum absolute atomic E-state index is 0.0532. The molecule has 0 radical (unpaired) electrons. The molecule has 0 aromatic rings. The van der Waals surface area contributed by atoms with Crippen molar-refractivity contribution in [3.63, 3.8) is 0 Å². The summed E-state index contributed by atoms with van der Waals surface area (Å²) in [7, 11) is 1.57. The molecule has 13 heavy (non-hydrogen) atoms. The Kier molecular flexibility index (Phi) is 5.91. The Morgan fingerprint density at radius 3 is 2.31 bits per heavy atom. The molecule has 3 heteroatoms. The van der Waals surface area contributed by atoms with Gasteiger partial charge in [-0.3, -0.25) is 0 Å². The number of aliphatic hydroxyl groups excluding tert-OH is 1. The topological polar surface area (TPSA) is 46.5 Å². The van der Waals surface area contributed by atoms with Gasteiger partial charge in [-0.05, 0) is 12.3 Å². The SMILES string of the molecule is CCC(O)[C@@H](OC)[C@H](C)C(C)C=O. The average Bonchev–Trinajstić information content (AvgIpc) is 2.17. The molecule has 2 unspecified atom stereocenters. The van der Waals surface area contributed by atoms with Gasteiger partial charge < -0.3 is 14.6 Å². The second-order valence-electron chi connectivity index (χ2n) is 3.53. The summed E-state index contributed by atoms with van der Waals surface area (Å²) in [5.41, 5.74) is 0. The highest BCUT2D eigenvalue weighted by molar-refractivity contribution is 5.53. The van der Waals surface area contributed by atoms with Gasteiger partial charge in [0.2, 0.25) is 0 Å². The van der Waals surface area contributed by atoms with Crippen LogP contribution in [0.4, 0.5) is 0 Å². The maximum atomic E-state index is 10.5. The summed E-state index contributed by atoms with van der Waals surface area (Å²) in [6.45, 7) is 5.66. The maximum Gasteiger partial charge on any atom is 0.123 e. The predicted octanol–water partition coefficient (Wildman–Crippen LogP) is 1.24. The van der Waals surface area contributed by atoms with Crippen LogP contribution in [-0.2, 0) is 9.53 Å². The molecular formula is C10H20O3. The standard InChI is InChI=1S/C10H20O3/c1-5-9(12)10(13-4)8(3)7(2)6-11/h6-10,12H,5H2,1-4H3/t7?,8-,9?,10+/m1/s1. The van der Waals surface area contributed by atoms with Gasteiger partial charge in [0.15, 0.2) is 0 Å². The van der Waals surface area contributed by atoms with E-state index in [0.717, 1.165) is 6.29 Å². The second-order valence-corrected chi connectivity index (χ2v) is 3.53. The van der Waals surface area contributed by atoms with Crippen molar-refractivity contribution in [1.82, 2.24) is 0 Å². The van der Waals surface area contributed by atoms with Crippen LogP contribution in [-0.4, -0.2) is 30.7 Å². The number of methoxy groups -OCH3 is 1. The van der Waals surface area contributed by atoms with Crippen LogP contribution in [0.5, 0.6) is 0 Å². The minimum atomic E-state index is -0.484. The molecule has 0 bridgehead atoms. The van der Waals surface area contributed by atoms with Crippen molar-refractivity contribution in [2.45, 2.75) is 39.4 Å². The van der Waals surface area contributed by atoms with Crippen LogP contribution in [0.15, 0.2) is 0 Å². The number of hydrogen-bond donors (Lipinski definition) is 1. The Balaban J connectivity index is 4.29. The molecule has 0 fully saturated rings. The van der Waals surface area contributed by atoms with Crippen LogP contribution in [0.2, 0.25) is 0 Å². The molecule has 0 spiro atoms. The van der Waals surface area contributed by atoms with Gasteiger partial charge in [0, 0.05) is 13.0 Å². The van der Waals surface area contributed by atoms with Crippen molar-refractivity contribution in [1.29, 1.82) is 0 Å². The number of hydrogen-bond acceptors (Lipinski definition) is 3. The third-order valence-electron chi connectivity index (χ3n) is 2.63. The number of carbonyl (C=O) groups excluding carboxylic acids is 1. The normalized spacial score (nSPS) is 20.4. The van der Waals surface area contributed by atoms with Gasteiger partial charge >= 0.3 is 0 Å². The van der Waals surface area contributed by atoms with Crippen molar-refractivity contribution >= 4 is 6.29 Å². The largest absolute Gasteiger partial charge is 0.390 e. The van der Waals surface area contributed by atoms with Crippen molar-refractivity contribution in [2.24, 2.45) is 11.8 Å². The summed E-state index contributed by atoms with van der Waals surface area (Å²) in [6, 6.07) is 0. The van der Waals surface area contributed by atoms with Gasteiger partial charge in [-0.15, -0.1) is 0 Å². The van der Waals surface area contributed by atoms with E-state index >= 15 is 0 Å². The van der Waals surface area contributed by atoms with Crippen LogP contribution < -0.4 is 0 Å². The first-order chi connectivity index (χ1) is 6.08. The highest BCUT2D eigenvalue weighted by Gasteiger charge is 2.27. The number of ether oxygens (including phenoxy) is 1. The maximum absolute atomic E-state index is 10.5. The lowest BCUT2D eigenvalue weighted by molar-refractivity contribution is -0.116. The summed E-state index contributed by atoms with van der Waals surface area (Å²) >= 11 is 0. The van der Waals surface area contributed by atoms with Crippen LogP contribution in [0.25, 0.3) is 0 Å². The van der Waals surface area contributed by atoms with E-state index < -0.39 is 6.10 Å². The first-order valence-corrected chi connectivity index (χ1v) is 4.74. The zero-order valence-electron chi connectivity index (χ0n) is 8.86. The molecule has 0 rings (SSSR count). The van der Waals surface area contributed by atoms with Gasteiger partial charge in [-0.2, -0.15) is 0 Å². The molecule has 0 saturated carbocycles. The fraction of sp³-hybridized carbons (Fsp3) is 0.900. The van der Waals surface area contributed by atoms with Gasteiger partial charge in [-0.25, -0.2) is 0 Å². The molecule has 0 aromatic heterocycles. The molecule has 78 valence electrons. The highest BCUT2D eigenvalue weighted by atomic mass is 16.5. The zero-order chi connectivity index (χ0) is 10.4. The number of rotatable bonds is 6. The molecule has 4 atom stereocenters. The summed E-state index contributed by atoms with van der Waals surface area (Å²) < 4.78 is 5.18. The van der Waals surface area contributed by atoms with Gasteiger partial charge in [0.05, 0.1) is 12.2 Å². The lowest BCUT2D eigenvalue weighted by atomic mass is 9.88. The van der Waals surface area contributed by atoms with Crippen molar-refractivity contribution in [2.75, 3.05) is 7.11 Å². The number of aldehydes is 1. The molecule has 0 aliphatic heterocycles. The van der Waals surface area contributed by atoms with Gasteiger partial charge in [0.25, 0.3) is 0 Å². The molecule has 0 amide bonds. The minimum Gasteiger partial charge on any atom is -0.390 e. The predicted molar refractivity (Wildman–Crippen MR) is 51.5 cm³/mol. The summed E-state index contributed by atoms with van der Waals surface area (Å²) in [4.78, 5) is 10.5. The molecule has 1 N–H and O–H groups in total. The lowest BCUT2D eigenvalue weighted by Gasteiger charge is -2.28. The van der Waals surface area contributed by atoms with E-state index in [2.05, 4.69) is 0 Å². The third-order valence-corrected chi connectivity index (χ3v) is 2.63.